The van der Waals surface area contributed by atoms with E-state index in [2.05, 4.69) is 66.5 Å². The molecule has 1 aromatic carbocycles. The number of ether oxygens (including phenoxy) is 1. The molecule has 3 aliphatic rings. The number of aryl methyl sites for hydroxylation is 2. The van der Waals surface area contributed by atoms with Crippen molar-refractivity contribution in [3.8, 4) is 0 Å². The van der Waals surface area contributed by atoms with Crippen molar-refractivity contribution in [1.29, 1.82) is 0 Å². The summed E-state index contributed by atoms with van der Waals surface area (Å²) in [6, 6.07) is 8.82. The minimum absolute atomic E-state index is 0. The molecule has 5 rings (SSSR count). The van der Waals surface area contributed by atoms with E-state index in [-0.39, 0.29) is 26.0 Å². The quantitative estimate of drug-likeness (QED) is 0.326. The molecule has 42 heavy (non-hydrogen) atoms. The second kappa shape index (κ2) is 19.8. The Morgan fingerprint density at radius 2 is 1.64 bits per heavy atom. The molecule has 2 aromatic rings. The third kappa shape index (κ3) is 11.9. The molecular weight excluding hydrogens is 526 g/mol. The standard InChI is InChI=1S/C16H22N2O.C11H15N3O2.C4H8.C2H6.CH4/c1-3-14-5-7-15(8-6-14)13-17-9-11-18(12-10-17)16(19)4-2;1-3-5-9-12-6-8-7-16-11(15)14(4-2)10(8)13-9;1-4-2-3-4;1-2;/h4-8H,2-3,9-13H2,1H3;6H,3-5,7H2,1-2H3;4H,2-3H2,1H3;1-2H3;1H4. The van der Waals surface area contributed by atoms with Crippen LogP contribution in [0.15, 0.2) is 43.1 Å². The number of nitrogens with zero attached hydrogens (tertiary/aromatic N) is 5. The van der Waals surface area contributed by atoms with Gasteiger partial charge in [0.05, 0.1) is 5.56 Å². The Balaban J connectivity index is 0.000000347. The summed E-state index contributed by atoms with van der Waals surface area (Å²) in [7, 11) is 0. The molecule has 234 valence electrons. The van der Waals surface area contributed by atoms with Crippen LogP contribution in [0.2, 0.25) is 0 Å². The fourth-order valence-electron chi connectivity index (χ4n) is 4.26. The van der Waals surface area contributed by atoms with Gasteiger partial charge in [0.15, 0.2) is 0 Å². The zero-order valence-electron chi connectivity index (χ0n) is 26.2. The molecule has 0 unspecified atom stereocenters. The predicted molar refractivity (Wildman–Crippen MR) is 174 cm³/mol. The summed E-state index contributed by atoms with van der Waals surface area (Å²) < 4.78 is 5.01. The largest absolute Gasteiger partial charge is 0.444 e. The fourth-order valence-corrected chi connectivity index (χ4v) is 4.26. The number of hydrogen-bond donors (Lipinski definition) is 0. The SMILES string of the molecule is C.C=CC(=O)N1CCN(Cc2ccc(CC)cc2)CC1.CC.CC1CC1.CCCc1ncc2c(n1)N(CC)C(=O)OC2. The van der Waals surface area contributed by atoms with Gasteiger partial charge in [-0.1, -0.05) is 85.7 Å². The van der Waals surface area contributed by atoms with Crippen molar-refractivity contribution in [2.75, 3.05) is 37.6 Å². The molecule has 8 nitrogen and oxygen atoms in total. The second-order valence-electron chi connectivity index (χ2n) is 10.3. The van der Waals surface area contributed by atoms with E-state index in [9.17, 15) is 9.59 Å². The first-order valence-corrected chi connectivity index (χ1v) is 15.4. The number of rotatable bonds is 7. The van der Waals surface area contributed by atoms with E-state index in [0.717, 1.165) is 69.3 Å². The fraction of sp³-hybridized carbons (Fsp3) is 0.588. The van der Waals surface area contributed by atoms with E-state index in [4.69, 9.17) is 4.74 Å². The summed E-state index contributed by atoms with van der Waals surface area (Å²) >= 11 is 0. The highest BCUT2D eigenvalue weighted by Crippen LogP contribution is 2.26. The minimum Gasteiger partial charge on any atom is -0.444 e. The van der Waals surface area contributed by atoms with Crippen molar-refractivity contribution in [2.45, 2.75) is 94.2 Å². The number of aromatic nitrogens is 2. The van der Waals surface area contributed by atoms with Gasteiger partial charge in [-0.3, -0.25) is 14.6 Å². The van der Waals surface area contributed by atoms with E-state index in [0.29, 0.717) is 12.4 Å². The third-order valence-electron chi connectivity index (χ3n) is 7.07. The lowest BCUT2D eigenvalue weighted by molar-refractivity contribution is -0.127. The molecule has 1 aromatic heterocycles. The summed E-state index contributed by atoms with van der Waals surface area (Å²) in [5.74, 6) is 2.62. The maximum absolute atomic E-state index is 11.5. The first kappa shape index (κ1) is 36.8. The highest BCUT2D eigenvalue weighted by Gasteiger charge is 2.26. The van der Waals surface area contributed by atoms with Gasteiger partial charge in [0.1, 0.15) is 18.2 Å². The van der Waals surface area contributed by atoms with Gasteiger partial charge in [0.2, 0.25) is 5.91 Å². The van der Waals surface area contributed by atoms with Crippen molar-refractivity contribution in [2.24, 2.45) is 5.92 Å². The molecule has 2 fully saturated rings. The second-order valence-corrected chi connectivity index (χ2v) is 10.3. The number of benzene rings is 1. The van der Waals surface area contributed by atoms with Crippen molar-refractivity contribution >= 4 is 17.8 Å². The lowest BCUT2D eigenvalue weighted by Gasteiger charge is -2.34. The van der Waals surface area contributed by atoms with Crippen LogP contribution >= 0.6 is 0 Å². The molecule has 1 saturated carbocycles. The minimum atomic E-state index is -0.323. The van der Waals surface area contributed by atoms with E-state index in [1.165, 1.54) is 30.0 Å². The number of piperazine rings is 1. The van der Waals surface area contributed by atoms with Gasteiger partial charge in [-0.05, 0) is 42.9 Å². The predicted octanol–water partition coefficient (Wildman–Crippen LogP) is 7.06. The van der Waals surface area contributed by atoms with Crippen LogP contribution < -0.4 is 4.90 Å². The monoisotopic (exact) mass is 581 g/mol. The topological polar surface area (TPSA) is 78.9 Å². The van der Waals surface area contributed by atoms with Crippen LogP contribution in [-0.2, 0) is 35.5 Å². The van der Waals surface area contributed by atoms with Crippen LogP contribution in [0.4, 0.5) is 10.6 Å². The van der Waals surface area contributed by atoms with E-state index in [1.807, 2.05) is 25.7 Å². The van der Waals surface area contributed by atoms with Crippen LogP contribution in [0.1, 0.15) is 90.7 Å². The number of carbonyl (C=O) groups is 2. The van der Waals surface area contributed by atoms with Crippen molar-refractivity contribution in [3.05, 3.63) is 65.6 Å². The molecule has 1 saturated heterocycles. The maximum atomic E-state index is 11.5. The van der Waals surface area contributed by atoms with Crippen molar-refractivity contribution in [3.63, 3.8) is 0 Å². The maximum Gasteiger partial charge on any atom is 0.415 e. The number of carbonyl (C=O) groups excluding carboxylic acids is 2. The Hall–Kier alpha value is -3.26. The highest BCUT2D eigenvalue weighted by atomic mass is 16.6. The summed E-state index contributed by atoms with van der Waals surface area (Å²) in [6.45, 7) is 21.3. The van der Waals surface area contributed by atoms with Crippen LogP contribution in [-0.4, -0.2) is 64.5 Å². The summed E-state index contributed by atoms with van der Waals surface area (Å²) in [4.78, 5) is 37.5. The Morgan fingerprint density at radius 1 is 1.05 bits per heavy atom. The van der Waals surface area contributed by atoms with Gasteiger partial charge < -0.3 is 9.64 Å². The van der Waals surface area contributed by atoms with Crippen molar-refractivity contribution in [1.82, 2.24) is 19.8 Å². The van der Waals surface area contributed by atoms with Gasteiger partial charge in [0, 0.05) is 51.9 Å². The lowest BCUT2D eigenvalue weighted by Crippen LogP contribution is -2.47. The van der Waals surface area contributed by atoms with Crippen LogP contribution in [0, 0.1) is 5.92 Å². The number of cyclic esters (lactones) is 1. The van der Waals surface area contributed by atoms with E-state index >= 15 is 0 Å². The number of fused-ring (bicyclic) bond motifs is 1. The molecule has 0 radical (unpaired) electrons. The molecule has 2 amide bonds. The molecule has 3 heterocycles. The normalized spacial score (nSPS) is 15.6. The zero-order valence-corrected chi connectivity index (χ0v) is 26.2. The molecule has 0 atom stereocenters. The smallest absolute Gasteiger partial charge is 0.415 e. The highest BCUT2D eigenvalue weighted by molar-refractivity contribution is 5.88. The van der Waals surface area contributed by atoms with Gasteiger partial charge >= 0.3 is 6.09 Å². The zero-order chi connectivity index (χ0) is 30.2. The Kier molecular flexibility index (Phi) is 17.3. The summed E-state index contributed by atoms with van der Waals surface area (Å²) in [6.07, 6.45) is 8.72. The van der Waals surface area contributed by atoms with Gasteiger partial charge in [-0.15, -0.1) is 0 Å². The molecule has 2 aliphatic heterocycles. The Labute approximate surface area is 255 Å². The summed E-state index contributed by atoms with van der Waals surface area (Å²) in [5, 5.41) is 0. The van der Waals surface area contributed by atoms with Crippen LogP contribution in [0.25, 0.3) is 0 Å². The third-order valence-corrected chi connectivity index (χ3v) is 7.07. The van der Waals surface area contributed by atoms with Crippen molar-refractivity contribution < 1.29 is 14.3 Å². The number of anilines is 1. The lowest BCUT2D eigenvalue weighted by atomic mass is 10.1. The number of amides is 2. The first-order valence-electron chi connectivity index (χ1n) is 15.4. The average molecular weight is 582 g/mol. The van der Waals surface area contributed by atoms with E-state index in [1.54, 1.807) is 11.1 Å². The molecular formula is C34H55N5O3. The number of hydrogen-bond acceptors (Lipinski definition) is 6. The molecule has 1 aliphatic carbocycles. The van der Waals surface area contributed by atoms with Gasteiger partial charge in [-0.25, -0.2) is 14.8 Å². The molecule has 0 spiro atoms. The van der Waals surface area contributed by atoms with Crippen LogP contribution in [0.5, 0.6) is 0 Å². The van der Waals surface area contributed by atoms with E-state index < -0.39 is 0 Å². The summed E-state index contributed by atoms with van der Waals surface area (Å²) in [5.41, 5.74) is 3.60. The Morgan fingerprint density at radius 3 is 2.14 bits per heavy atom. The van der Waals surface area contributed by atoms with Gasteiger partial charge in [0.25, 0.3) is 0 Å². The van der Waals surface area contributed by atoms with Crippen LogP contribution in [0.3, 0.4) is 0 Å². The molecule has 0 bridgehead atoms. The van der Waals surface area contributed by atoms with Gasteiger partial charge in [-0.2, -0.15) is 0 Å². The Bertz CT molecular complexity index is 1080. The molecule has 0 N–H and O–H groups in total. The first-order chi connectivity index (χ1) is 19.9. The molecule has 8 heteroatoms. The average Bonchev–Trinajstić information content (AvgIpc) is 3.81.